The zero-order valence-corrected chi connectivity index (χ0v) is 14.4. The molecule has 0 atom stereocenters. The van der Waals surface area contributed by atoms with Crippen LogP contribution in [0.1, 0.15) is 16.8 Å². The fourth-order valence-corrected chi connectivity index (χ4v) is 3.17. The standard InChI is InChI=1S/C14H15ClN6OS/c1-6-4-17-8(7(2)10(6)22-3)5-21-12-9(13(23)20-21)11(15)18-14(16)19-12/h4H,5H2,1-3H3,(H,20,23)(H2,16,18,19). The Morgan fingerprint density at radius 2 is 2.13 bits per heavy atom. The van der Waals surface area contributed by atoms with Crippen molar-refractivity contribution in [3.8, 4) is 5.75 Å². The quantitative estimate of drug-likeness (QED) is 0.557. The van der Waals surface area contributed by atoms with Crippen LogP contribution in [0.2, 0.25) is 5.15 Å². The molecule has 0 aliphatic carbocycles. The molecule has 0 saturated heterocycles. The van der Waals surface area contributed by atoms with Crippen molar-refractivity contribution in [2.24, 2.45) is 0 Å². The highest BCUT2D eigenvalue weighted by Gasteiger charge is 2.15. The number of hydrogen-bond donors (Lipinski definition) is 2. The van der Waals surface area contributed by atoms with Crippen LogP contribution in [-0.2, 0) is 6.54 Å². The average molecular weight is 351 g/mol. The van der Waals surface area contributed by atoms with E-state index in [-0.39, 0.29) is 11.1 Å². The van der Waals surface area contributed by atoms with E-state index in [0.717, 1.165) is 22.6 Å². The Balaban J connectivity index is 2.15. The Hall–Kier alpha value is -2.19. The second kappa shape index (κ2) is 5.78. The van der Waals surface area contributed by atoms with Crippen molar-refractivity contribution in [3.05, 3.63) is 32.8 Å². The molecule has 9 heteroatoms. The number of ether oxygens (including phenoxy) is 1. The number of aromatic amines is 1. The maximum atomic E-state index is 6.12. The minimum atomic E-state index is 0.0939. The largest absolute Gasteiger partial charge is 0.496 e. The number of H-pyrrole nitrogens is 1. The van der Waals surface area contributed by atoms with E-state index in [4.69, 9.17) is 34.3 Å². The van der Waals surface area contributed by atoms with Crippen LogP contribution in [0, 0.1) is 18.5 Å². The molecule has 0 saturated carbocycles. The van der Waals surface area contributed by atoms with Gasteiger partial charge in [0.2, 0.25) is 5.95 Å². The highest BCUT2D eigenvalue weighted by atomic mass is 35.5. The van der Waals surface area contributed by atoms with Crippen LogP contribution >= 0.6 is 23.8 Å². The molecule has 0 spiro atoms. The van der Waals surface area contributed by atoms with E-state index in [1.54, 1.807) is 18.0 Å². The molecule has 0 aromatic carbocycles. The van der Waals surface area contributed by atoms with Crippen LogP contribution in [0.4, 0.5) is 5.95 Å². The maximum Gasteiger partial charge on any atom is 0.223 e. The van der Waals surface area contributed by atoms with Crippen molar-refractivity contribution in [2.45, 2.75) is 20.4 Å². The molecule has 3 aromatic heterocycles. The normalized spacial score (nSPS) is 11.1. The third-order valence-electron chi connectivity index (χ3n) is 3.64. The number of methoxy groups -OCH3 is 1. The lowest BCUT2D eigenvalue weighted by molar-refractivity contribution is 0.406. The summed E-state index contributed by atoms with van der Waals surface area (Å²) in [7, 11) is 1.64. The number of nitrogens with two attached hydrogens (primary N) is 1. The summed E-state index contributed by atoms with van der Waals surface area (Å²) in [5.74, 6) is 0.911. The summed E-state index contributed by atoms with van der Waals surface area (Å²) in [6, 6.07) is 0. The van der Waals surface area contributed by atoms with Crippen LogP contribution in [0.3, 0.4) is 0 Å². The molecule has 23 heavy (non-hydrogen) atoms. The van der Waals surface area contributed by atoms with Crippen molar-refractivity contribution in [3.63, 3.8) is 0 Å². The predicted molar refractivity (Wildman–Crippen MR) is 91.5 cm³/mol. The minimum absolute atomic E-state index is 0.0939. The number of rotatable bonds is 3. The van der Waals surface area contributed by atoms with Crippen molar-refractivity contribution >= 4 is 40.8 Å². The van der Waals surface area contributed by atoms with E-state index in [2.05, 4.69) is 20.1 Å². The van der Waals surface area contributed by atoms with Crippen LogP contribution in [0.15, 0.2) is 6.20 Å². The van der Waals surface area contributed by atoms with Gasteiger partial charge in [0, 0.05) is 17.3 Å². The number of fused-ring (bicyclic) bond motifs is 1. The third kappa shape index (κ3) is 2.64. The molecule has 0 radical (unpaired) electrons. The van der Waals surface area contributed by atoms with Gasteiger partial charge in [0.05, 0.1) is 24.7 Å². The smallest absolute Gasteiger partial charge is 0.223 e. The first-order chi connectivity index (χ1) is 10.9. The van der Waals surface area contributed by atoms with Gasteiger partial charge in [0.25, 0.3) is 0 Å². The topological polar surface area (TPSA) is 94.6 Å². The first-order valence-corrected chi connectivity index (χ1v) is 7.61. The summed E-state index contributed by atoms with van der Waals surface area (Å²) in [6.45, 7) is 4.35. The lowest BCUT2D eigenvalue weighted by Gasteiger charge is -2.12. The highest BCUT2D eigenvalue weighted by molar-refractivity contribution is 7.71. The molecular formula is C14H15ClN6OS. The SMILES string of the molecule is COc1c(C)cnc(Cn2[nH]c(=S)c3c(Cl)nc(N)nc32)c1C. The molecule has 0 aliphatic rings. The van der Waals surface area contributed by atoms with E-state index in [9.17, 15) is 0 Å². The molecular weight excluding hydrogens is 336 g/mol. The van der Waals surface area contributed by atoms with Crippen molar-refractivity contribution in [1.29, 1.82) is 0 Å². The lowest BCUT2D eigenvalue weighted by atomic mass is 10.1. The summed E-state index contributed by atoms with van der Waals surface area (Å²) in [5.41, 5.74) is 9.01. The lowest BCUT2D eigenvalue weighted by Crippen LogP contribution is -2.08. The van der Waals surface area contributed by atoms with Gasteiger partial charge in [-0.25, -0.2) is 4.98 Å². The van der Waals surface area contributed by atoms with Gasteiger partial charge in [0.1, 0.15) is 15.5 Å². The fourth-order valence-electron chi connectivity index (χ4n) is 2.55. The molecule has 3 rings (SSSR count). The molecule has 0 aliphatic heterocycles. The molecule has 0 amide bonds. The number of pyridine rings is 1. The predicted octanol–water partition coefficient (Wildman–Crippen LogP) is 2.79. The summed E-state index contributed by atoms with van der Waals surface area (Å²) in [6.07, 6.45) is 1.78. The Morgan fingerprint density at radius 3 is 2.83 bits per heavy atom. The zero-order valence-electron chi connectivity index (χ0n) is 12.8. The number of hydrogen-bond acceptors (Lipinski definition) is 6. The number of nitrogen functional groups attached to an aromatic ring is 1. The van der Waals surface area contributed by atoms with Gasteiger partial charge in [-0.15, -0.1) is 0 Å². The van der Waals surface area contributed by atoms with Gasteiger partial charge in [-0.3, -0.25) is 14.8 Å². The molecule has 120 valence electrons. The Labute approximate surface area is 142 Å². The summed E-state index contributed by atoms with van der Waals surface area (Å²) in [4.78, 5) is 12.6. The van der Waals surface area contributed by atoms with Gasteiger partial charge in [-0.2, -0.15) is 4.98 Å². The molecule has 3 N–H and O–H groups in total. The number of nitrogens with zero attached hydrogens (tertiary/aromatic N) is 4. The molecule has 7 nitrogen and oxygen atoms in total. The molecule has 0 fully saturated rings. The summed E-state index contributed by atoms with van der Waals surface area (Å²) < 4.78 is 7.65. The third-order valence-corrected chi connectivity index (χ3v) is 4.21. The number of halogens is 1. The van der Waals surface area contributed by atoms with E-state index in [1.165, 1.54) is 0 Å². The Morgan fingerprint density at radius 1 is 1.39 bits per heavy atom. The minimum Gasteiger partial charge on any atom is -0.496 e. The Kier molecular flexibility index (Phi) is 3.95. The van der Waals surface area contributed by atoms with E-state index < -0.39 is 0 Å². The van der Waals surface area contributed by atoms with Gasteiger partial charge in [-0.05, 0) is 13.8 Å². The van der Waals surface area contributed by atoms with Crippen LogP contribution in [0.25, 0.3) is 11.0 Å². The van der Waals surface area contributed by atoms with Crippen LogP contribution in [-0.4, -0.2) is 31.8 Å². The van der Waals surface area contributed by atoms with E-state index >= 15 is 0 Å². The van der Waals surface area contributed by atoms with Crippen molar-refractivity contribution < 1.29 is 4.74 Å². The zero-order chi connectivity index (χ0) is 16.7. The highest BCUT2D eigenvalue weighted by Crippen LogP contribution is 2.26. The number of nitrogens with one attached hydrogen (secondary N) is 1. The number of aromatic nitrogens is 5. The van der Waals surface area contributed by atoms with Crippen molar-refractivity contribution in [2.75, 3.05) is 12.8 Å². The first kappa shape index (κ1) is 15.7. The Bertz CT molecular complexity index is 964. The van der Waals surface area contributed by atoms with Gasteiger partial charge >= 0.3 is 0 Å². The van der Waals surface area contributed by atoms with Gasteiger partial charge in [0.15, 0.2) is 5.65 Å². The van der Waals surface area contributed by atoms with Crippen LogP contribution in [0.5, 0.6) is 5.75 Å². The molecule has 3 heterocycles. The summed E-state index contributed by atoms with van der Waals surface area (Å²) >= 11 is 11.4. The molecule has 3 aromatic rings. The van der Waals surface area contributed by atoms with E-state index in [0.29, 0.717) is 22.2 Å². The number of anilines is 1. The maximum absolute atomic E-state index is 6.12. The molecule has 0 unspecified atom stereocenters. The average Bonchev–Trinajstić information content (AvgIpc) is 2.79. The summed E-state index contributed by atoms with van der Waals surface area (Å²) in [5, 5.41) is 3.87. The second-order valence-electron chi connectivity index (χ2n) is 5.14. The molecule has 0 bridgehead atoms. The first-order valence-electron chi connectivity index (χ1n) is 6.83. The second-order valence-corrected chi connectivity index (χ2v) is 5.91. The van der Waals surface area contributed by atoms with Gasteiger partial charge < -0.3 is 10.5 Å². The van der Waals surface area contributed by atoms with Crippen LogP contribution < -0.4 is 10.5 Å². The van der Waals surface area contributed by atoms with Crippen molar-refractivity contribution in [1.82, 2.24) is 24.7 Å². The number of aryl methyl sites for hydroxylation is 1. The monoisotopic (exact) mass is 350 g/mol. The van der Waals surface area contributed by atoms with E-state index in [1.807, 2.05) is 13.8 Å². The fraction of sp³-hybridized carbons (Fsp3) is 0.286. The van der Waals surface area contributed by atoms with Gasteiger partial charge in [-0.1, -0.05) is 23.8 Å².